The number of H-pyrrole nitrogens is 1. The quantitative estimate of drug-likeness (QED) is 0.692. The Labute approximate surface area is 123 Å². The second-order valence-electron chi connectivity index (χ2n) is 5.18. The van der Waals surface area contributed by atoms with Gasteiger partial charge in [0, 0.05) is 34.4 Å². The highest BCUT2D eigenvalue weighted by atomic mass is 35.5. The Balaban J connectivity index is 1.85. The Morgan fingerprint density at radius 3 is 2.80 bits per heavy atom. The maximum Gasteiger partial charge on any atom is 0.0472 e. The largest absolute Gasteiger partial charge is 0.381 e. The first-order chi connectivity index (χ1) is 9.63. The van der Waals surface area contributed by atoms with Crippen LogP contribution in [0.15, 0.2) is 42.6 Å². The van der Waals surface area contributed by atoms with Gasteiger partial charge < -0.3 is 10.3 Å². The molecule has 0 unspecified atom stereocenters. The van der Waals surface area contributed by atoms with Gasteiger partial charge in [-0.05, 0) is 48.7 Å². The molecule has 2 aromatic carbocycles. The number of hydrogen-bond donors (Lipinski definition) is 2. The second kappa shape index (κ2) is 5.22. The van der Waals surface area contributed by atoms with E-state index in [1.165, 1.54) is 27.8 Å². The predicted octanol–water partition coefficient (Wildman–Crippen LogP) is 5.05. The molecule has 1 heterocycles. The van der Waals surface area contributed by atoms with Crippen molar-refractivity contribution in [3.63, 3.8) is 0 Å². The minimum absolute atomic E-state index is 0.758. The van der Waals surface area contributed by atoms with Gasteiger partial charge >= 0.3 is 0 Å². The van der Waals surface area contributed by atoms with Gasteiger partial charge in [0.2, 0.25) is 0 Å². The van der Waals surface area contributed by atoms with Crippen LogP contribution in [0.5, 0.6) is 0 Å². The predicted molar refractivity (Wildman–Crippen MR) is 86.6 cm³/mol. The van der Waals surface area contributed by atoms with E-state index in [0.29, 0.717) is 0 Å². The normalized spacial score (nSPS) is 10.9. The molecule has 0 aliphatic rings. The van der Waals surface area contributed by atoms with Crippen LogP contribution in [0.4, 0.5) is 5.69 Å². The molecule has 3 rings (SSSR count). The second-order valence-corrected chi connectivity index (χ2v) is 5.61. The minimum atomic E-state index is 0.758. The molecule has 3 heteroatoms. The third-order valence-electron chi connectivity index (χ3n) is 3.59. The Morgan fingerprint density at radius 1 is 1.10 bits per heavy atom. The molecule has 0 aliphatic carbocycles. The summed E-state index contributed by atoms with van der Waals surface area (Å²) in [4.78, 5) is 3.27. The topological polar surface area (TPSA) is 27.8 Å². The highest BCUT2D eigenvalue weighted by Crippen LogP contribution is 2.24. The van der Waals surface area contributed by atoms with E-state index in [0.717, 1.165) is 17.1 Å². The zero-order chi connectivity index (χ0) is 14.1. The Morgan fingerprint density at radius 2 is 1.95 bits per heavy atom. The Hall–Kier alpha value is -1.93. The molecule has 3 aromatic rings. The number of fused-ring (bicyclic) bond motifs is 1. The van der Waals surface area contributed by atoms with Crippen molar-refractivity contribution in [1.82, 2.24) is 4.98 Å². The maximum absolute atomic E-state index is 6.00. The highest BCUT2D eigenvalue weighted by Gasteiger charge is 2.05. The van der Waals surface area contributed by atoms with E-state index in [-0.39, 0.29) is 0 Å². The number of halogens is 1. The summed E-state index contributed by atoms with van der Waals surface area (Å²) in [5.74, 6) is 0. The fourth-order valence-electron chi connectivity index (χ4n) is 2.42. The molecule has 1 aromatic heterocycles. The van der Waals surface area contributed by atoms with Gasteiger partial charge in [0.1, 0.15) is 0 Å². The standard InChI is InChI=1S/C17H17ClN2/c1-11-3-4-12(2)16(7-11)19-9-13-10-20-17-8-14(18)5-6-15(13)17/h3-8,10,19-20H,9H2,1-2H3. The molecule has 0 saturated carbocycles. The number of hydrogen-bond acceptors (Lipinski definition) is 1. The summed E-state index contributed by atoms with van der Waals surface area (Å²) >= 11 is 6.00. The molecular formula is C17H17ClN2. The fraction of sp³-hybridized carbons (Fsp3) is 0.176. The summed E-state index contributed by atoms with van der Waals surface area (Å²) in [7, 11) is 0. The van der Waals surface area contributed by atoms with Gasteiger partial charge in [0.05, 0.1) is 0 Å². The van der Waals surface area contributed by atoms with Gasteiger partial charge in [-0.25, -0.2) is 0 Å². The van der Waals surface area contributed by atoms with Crippen LogP contribution < -0.4 is 5.32 Å². The molecule has 0 atom stereocenters. The molecule has 0 bridgehead atoms. The number of nitrogens with one attached hydrogen (secondary N) is 2. The molecule has 0 saturated heterocycles. The van der Waals surface area contributed by atoms with E-state index in [1.54, 1.807) is 0 Å². The third kappa shape index (κ3) is 2.52. The molecular weight excluding hydrogens is 268 g/mol. The van der Waals surface area contributed by atoms with Crippen LogP contribution in [0, 0.1) is 13.8 Å². The average molecular weight is 285 g/mol. The summed E-state index contributed by atoms with van der Waals surface area (Å²) in [6.07, 6.45) is 2.04. The number of aromatic nitrogens is 1. The van der Waals surface area contributed by atoms with Crippen LogP contribution in [0.25, 0.3) is 10.9 Å². The number of anilines is 1. The van der Waals surface area contributed by atoms with Crippen LogP contribution in [0.1, 0.15) is 16.7 Å². The van der Waals surface area contributed by atoms with E-state index in [1.807, 2.05) is 18.3 Å². The summed E-state index contributed by atoms with van der Waals surface area (Å²) < 4.78 is 0. The van der Waals surface area contributed by atoms with Gasteiger partial charge in [-0.15, -0.1) is 0 Å². The molecule has 0 radical (unpaired) electrons. The lowest BCUT2D eigenvalue weighted by molar-refractivity contribution is 1.15. The van der Waals surface area contributed by atoms with Crippen molar-refractivity contribution < 1.29 is 0 Å². The van der Waals surface area contributed by atoms with Crippen molar-refractivity contribution in [3.05, 3.63) is 64.3 Å². The zero-order valence-electron chi connectivity index (χ0n) is 11.6. The fourth-order valence-corrected chi connectivity index (χ4v) is 2.59. The molecule has 0 spiro atoms. The van der Waals surface area contributed by atoms with Gasteiger partial charge in [0.25, 0.3) is 0 Å². The van der Waals surface area contributed by atoms with Gasteiger partial charge in [-0.1, -0.05) is 29.8 Å². The van der Waals surface area contributed by atoms with E-state index >= 15 is 0 Å². The van der Waals surface area contributed by atoms with E-state index in [2.05, 4.69) is 48.4 Å². The Kier molecular flexibility index (Phi) is 3.41. The molecule has 0 aliphatic heterocycles. The van der Waals surface area contributed by atoms with E-state index in [9.17, 15) is 0 Å². The van der Waals surface area contributed by atoms with Crippen LogP contribution in [0.2, 0.25) is 5.02 Å². The van der Waals surface area contributed by atoms with Crippen molar-refractivity contribution in [3.8, 4) is 0 Å². The van der Waals surface area contributed by atoms with Gasteiger partial charge in [-0.2, -0.15) is 0 Å². The first-order valence-electron chi connectivity index (χ1n) is 6.70. The van der Waals surface area contributed by atoms with E-state index < -0.39 is 0 Å². The van der Waals surface area contributed by atoms with E-state index in [4.69, 9.17) is 11.6 Å². The van der Waals surface area contributed by atoms with Crippen molar-refractivity contribution in [2.45, 2.75) is 20.4 Å². The van der Waals surface area contributed by atoms with Crippen molar-refractivity contribution in [2.75, 3.05) is 5.32 Å². The molecule has 2 N–H and O–H groups in total. The number of aryl methyl sites for hydroxylation is 2. The van der Waals surface area contributed by atoms with Crippen molar-refractivity contribution in [2.24, 2.45) is 0 Å². The zero-order valence-corrected chi connectivity index (χ0v) is 12.4. The summed E-state index contributed by atoms with van der Waals surface area (Å²) in [5, 5.41) is 5.48. The summed E-state index contributed by atoms with van der Waals surface area (Å²) in [5.41, 5.74) is 6.04. The lowest BCUT2D eigenvalue weighted by Gasteiger charge is -2.10. The molecule has 0 fully saturated rings. The SMILES string of the molecule is Cc1ccc(C)c(NCc2c[nH]c3cc(Cl)ccc23)c1. The first kappa shape index (κ1) is 13.1. The van der Waals surface area contributed by atoms with Crippen LogP contribution in [0.3, 0.4) is 0 Å². The molecule has 20 heavy (non-hydrogen) atoms. The summed E-state index contributed by atoms with van der Waals surface area (Å²) in [6, 6.07) is 12.4. The molecule has 0 amide bonds. The van der Waals surface area contributed by atoms with Crippen molar-refractivity contribution >= 4 is 28.2 Å². The first-order valence-corrected chi connectivity index (χ1v) is 7.08. The molecule has 2 nitrogen and oxygen atoms in total. The lowest BCUT2D eigenvalue weighted by atomic mass is 10.1. The summed E-state index contributed by atoms with van der Waals surface area (Å²) in [6.45, 7) is 5.03. The third-order valence-corrected chi connectivity index (χ3v) is 3.83. The smallest absolute Gasteiger partial charge is 0.0472 e. The number of benzene rings is 2. The van der Waals surface area contributed by atoms with Crippen LogP contribution in [-0.2, 0) is 6.54 Å². The van der Waals surface area contributed by atoms with Crippen LogP contribution in [-0.4, -0.2) is 4.98 Å². The lowest BCUT2D eigenvalue weighted by Crippen LogP contribution is -2.00. The number of aromatic amines is 1. The van der Waals surface area contributed by atoms with Crippen LogP contribution >= 0.6 is 11.6 Å². The highest BCUT2D eigenvalue weighted by molar-refractivity contribution is 6.31. The maximum atomic E-state index is 6.00. The Bertz CT molecular complexity index is 759. The molecule has 102 valence electrons. The van der Waals surface area contributed by atoms with Gasteiger partial charge in [0.15, 0.2) is 0 Å². The minimum Gasteiger partial charge on any atom is -0.381 e. The van der Waals surface area contributed by atoms with Crippen molar-refractivity contribution in [1.29, 1.82) is 0 Å². The number of rotatable bonds is 3. The van der Waals surface area contributed by atoms with Gasteiger partial charge in [-0.3, -0.25) is 0 Å². The monoisotopic (exact) mass is 284 g/mol. The average Bonchev–Trinajstić information content (AvgIpc) is 2.82.